The van der Waals surface area contributed by atoms with Crippen LogP contribution in [0.1, 0.15) is 11.1 Å². The van der Waals surface area contributed by atoms with Crippen molar-refractivity contribution in [1.29, 1.82) is 0 Å². The minimum atomic E-state index is 0.638. The quantitative estimate of drug-likeness (QED) is 0.659. The van der Waals surface area contributed by atoms with Gasteiger partial charge in [-0.2, -0.15) is 0 Å². The molecule has 2 aromatic carbocycles. The Morgan fingerprint density at radius 1 is 0.583 bits per heavy atom. The fourth-order valence-electron chi connectivity index (χ4n) is 2.28. The number of hydrogen-bond acceptors (Lipinski definition) is 4. The zero-order chi connectivity index (χ0) is 17.4. The molecular weight excluding hydrogens is 300 g/mol. The van der Waals surface area contributed by atoms with Gasteiger partial charge in [-0.05, 0) is 50.4 Å². The van der Waals surface area contributed by atoms with Gasteiger partial charge in [0.05, 0.1) is 26.7 Å². The molecule has 0 aromatic heterocycles. The lowest BCUT2D eigenvalue weighted by molar-refractivity contribution is 0.0450. The van der Waals surface area contributed by atoms with Crippen LogP contribution in [-0.2, 0) is 22.7 Å². The van der Waals surface area contributed by atoms with Crippen LogP contribution < -0.4 is 0 Å². The third kappa shape index (κ3) is 6.42. The maximum absolute atomic E-state index is 5.61. The largest absolute Gasteiger partial charge is 0.361 e. The Balaban J connectivity index is 1.89. The van der Waals surface area contributed by atoms with Crippen molar-refractivity contribution >= 4 is 0 Å². The second-order valence-corrected chi connectivity index (χ2v) is 6.51. The average molecular weight is 328 g/mol. The fraction of sp³-hybridized carbons (Fsp3) is 0.400. The molecule has 0 atom stereocenters. The molecule has 0 N–H and O–H groups in total. The molecule has 2 rings (SSSR count). The van der Waals surface area contributed by atoms with Gasteiger partial charge in [-0.3, -0.25) is 9.80 Å². The molecule has 130 valence electrons. The van der Waals surface area contributed by atoms with Gasteiger partial charge in [0.2, 0.25) is 0 Å². The van der Waals surface area contributed by atoms with E-state index in [1.54, 1.807) is 0 Å². The van der Waals surface area contributed by atoms with Crippen LogP contribution in [0.5, 0.6) is 0 Å². The topological polar surface area (TPSA) is 24.9 Å². The predicted molar refractivity (Wildman–Crippen MR) is 98.6 cm³/mol. The summed E-state index contributed by atoms with van der Waals surface area (Å²) in [7, 11) is 7.99. The van der Waals surface area contributed by atoms with Crippen molar-refractivity contribution in [3.63, 3.8) is 0 Å². The van der Waals surface area contributed by atoms with Crippen molar-refractivity contribution < 1.29 is 9.47 Å². The monoisotopic (exact) mass is 328 g/mol. The van der Waals surface area contributed by atoms with Crippen LogP contribution in [-0.4, -0.2) is 51.5 Å². The van der Waals surface area contributed by atoms with Gasteiger partial charge in [-0.15, -0.1) is 0 Å². The first-order valence-corrected chi connectivity index (χ1v) is 8.18. The number of nitrogens with zero attached hydrogens (tertiary/aromatic N) is 2. The van der Waals surface area contributed by atoms with Gasteiger partial charge in [0.15, 0.2) is 0 Å². The van der Waals surface area contributed by atoms with Gasteiger partial charge in [-0.25, -0.2) is 0 Å². The summed E-state index contributed by atoms with van der Waals surface area (Å²) in [6.45, 7) is 2.55. The van der Waals surface area contributed by atoms with Crippen molar-refractivity contribution in [2.45, 2.75) is 13.2 Å². The zero-order valence-electron chi connectivity index (χ0n) is 15.2. The predicted octanol–water partition coefficient (Wildman–Crippen LogP) is 3.43. The van der Waals surface area contributed by atoms with E-state index in [4.69, 9.17) is 9.47 Å². The van der Waals surface area contributed by atoms with Gasteiger partial charge in [0, 0.05) is 0 Å². The lowest BCUT2D eigenvalue weighted by Crippen LogP contribution is -2.15. The van der Waals surface area contributed by atoms with E-state index >= 15 is 0 Å². The number of rotatable bonds is 9. The molecule has 4 nitrogen and oxygen atoms in total. The Bertz CT molecular complexity index is 537. The average Bonchev–Trinajstić information content (AvgIpc) is 2.56. The molecule has 0 radical (unpaired) electrons. The first-order chi connectivity index (χ1) is 11.5. The van der Waals surface area contributed by atoms with E-state index in [1.807, 2.05) is 38.0 Å². The summed E-state index contributed by atoms with van der Waals surface area (Å²) >= 11 is 0. The molecule has 0 amide bonds. The van der Waals surface area contributed by atoms with Crippen LogP contribution in [0.15, 0.2) is 48.5 Å². The summed E-state index contributed by atoms with van der Waals surface area (Å²) in [6.07, 6.45) is 0. The van der Waals surface area contributed by atoms with Crippen LogP contribution in [0.4, 0.5) is 0 Å². The summed E-state index contributed by atoms with van der Waals surface area (Å²) in [5, 5.41) is 0. The Morgan fingerprint density at radius 3 is 1.21 bits per heavy atom. The van der Waals surface area contributed by atoms with Crippen LogP contribution in [0.2, 0.25) is 0 Å². The van der Waals surface area contributed by atoms with E-state index in [-0.39, 0.29) is 0 Å². The van der Waals surface area contributed by atoms with Crippen LogP contribution >= 0.6 is 0 Å². The lowest BCUT2D eigenvalue weighted by atomic mass is 10.0. The SMILES string of the molecule is CN(C)COCc1ccc(-c2ccc(COCN(C)C)cc2)cc1. The molecule has 0 fully saturated rings. The smallest absolute Gasteiger partial charge is 0.0989 e. The zero-order valence-corrected chi connectivity index (χ0v) is 15.2. The molecule has 0 saturated heterocycles. The van der Waals surface area contributed by atoms with E-state index in [0.29, 0.717) is 26.7 Å². The standard InChI is InChI=1S/C20H28N2O2/c1-21(2)15-23-13-17-5-9-19(10-6-17)20-11-7-18(8-12-20)14-24-16-22(3)4/h5-12H,13-16H2,1-4H3. The van der Waals surface area contributed by atoms with E-state index in [1.165, 1.54) is 22.3 Å². The van der Waals surface area contributed by atoms with E-state index in [0.717, 1.165) is 0 Å². The fourth-order valence-corrected chi connectivity index (χ4v) is 2.28. The molecule has 0 heterocycles. The molecular formula is C20H28N2O2. The second kappa shape index (κ2) is 9.55. The molecule has 0 aliphatic rings. The molecule has 0 aliphatic heterocycles. The van der Waals surface area contributed by atoms with Crippen molar-refractivity contribution in [3.05, 3.63) is 59.7 Å². The highest BCUT2D eigenvalue weighted by molar-refractivity contribution is 5.63. The normalized spacial score (nSPS) is 11.4. The maximum atomic E-state index is 5.61. The van der Waals surface area contributed by atoms with E-state index in [2.05, 4.69) is 48.5 Å². The molecule has 2 aromatic rings. The van der Waals surface area contributed by atoms with Crippen molar-refractivity contribution in [1.82, 2.24) is 9.80 Å². The lowest BCUT2D eigenvalue weighted by Gasteiger charge is -2.11. The molecule has 0 spiro atoms. The summed E-state index contributed by atoms with van der Waals surface area (Å²) in [5.74, 6) is 0. The Morgan fingerprint density at radius 2 is 0.917 bits per heavy atom. The van der Waals surface area contributed by atoms with Crippen molar-refractivity contribution in [2.24, 2.45) is 0 Å². The van der Waals surface area contributed by atoms with Crippen LogP contribution in [0.3, 0.4) is 0 Å². The van der Waals surface area contributed by atoms with E-state index in [9.17, 15) is 0 Å². The summed E-state index contributed by atoms with van der Waals surface area (Å²) in [4.78, 5) is 4.02. The molecule has 0 aliphatic carbocycles. The second-order valence-electron chi connectivity index (χ2n) is 6.51. The summed E-state index contributed by atoms with van der Waals surface area (Å²) < 4.78 is 11.2. The first-order valence-electron chi connectivity index (χ1n) is 8.18. The summed E-state index contributed by atoms with van der Waals surface area (Å²) in [5.41, 5.74) is 4.81. The number of benzene rings is 2. The minimum absolute atomic E-state index is 0.638. The Kier molecular flexibility index (Phi) is 7.40. The minimum Gasteiger partial charge on any atom is -0.361 e. The van der Waals surface area contributed by atoms with Gasteiger partial charge in [0.25, 0.3) is 0 Å². The molecule has 0 unspecified atom stereocenters. The Hall–Kier alpha value is -1.72. The highest BCUT2D eigenvalue weighted by Crippen LogP contribution is 2.21. The van der Waals surface area contributed by atoms with Gasteiger partial charge < -0.3 is 9.47 Å². The van der Waals surface area contributed by atoms with E-state index < -0.39 is 0 Å². The van der Waals surface area contributed by atoms with Crippen LogP contribution in [0, 0.1) is 0 Å². The molecule has 4 heteroatoms. The van der Waals surface area contributed by atoms with Crippen LogP contribution in [0.25, 0.3) is 11.1 Å². The molecule has 24 heavy (non-hydrogen) atoms. The third-order valence-electron chi connectivity index (χ3n) is 3.48. The van der Waals surface area contributed by atoms with Gasteiger partial charge in [-0.1, -0.05) is 48.5 Å². The van der Waals surface area contributed by atoms with Gasteiger partial charge >= 0.3 is 0 Å². The first kappa shape index (κ1) is 18.6. The summed E-state index contributed by atoms with van der Waals surface area (Å²) in [6, 6.07) is 17.1. The van der Waals surface area contributed by atoms with Crippen molar-refractivity contribution in [2.75, 3.05) is 41.7 Å². The highest BCUT2D eigenvalue weighted by Gasteiger charge is 2.01. The van der Waals surface area contributed by atoms with Crippen molar-refractivity contribution in [3.8, 4) is 11.1 Å². The third-order valence-corrected chi connectivity index (χ3v) is 3.48. The van der Waals surface area contributed by atoms with Gasteiger partial charge in [0.1, 0.15) is 0 Å². The Labute approximate surface area is 145 Å². The molecule has 0 saturated carbocycles. The molecule has 0 bridgehead atoms. The number of ether oxygens (including phenoxy) is 2. The number of hydrogen-bond donors (Lipinski definition) is 0. The highest BCUT2D eigenvalue weighted by atomic mass is 16.5. The maximum Gasteiger partial charge on any atom is 0.0989 e.